The first-order valence-electron chi connectivity index (χ1n) is 10.6. The van der Waals surface area contributed by atoms with Gasteiger partial charge in [-0.15, -0.1) is 0 Å². The van der Waals surface area contributed by atoms with Gasteiger partial charge in [0.1, 0.15) is 17.3 Å². The SMILES string of the molecule is COc1ccc(OC)c([C@H]2C(=C(O)c3ccc(C)cc3)C(=O)C(=O)N2C[C@H]2CCCO2)c1. The highest BCUT2D eigenvalue weighted by molar-refractivity contribution is 6.46. The van der Waals surface area contributed by atoms with Crippen LogP contribution in [0.25, 0.3) is 5.76 Å². The number of hydrogen-bond acceptors (Lipinski definition) is 6. The zero-order valence-corrected chi connectivity index (χ0v) is 18.5. The van der Waals surface area contributed by atoms with Gasteiger partial charge in [0, 0.05) is 24.3 Å². The van der Waals surface area contributed by atoms with Gasteiger partial charge < -0.3 is 24.2 Å². The molecule has 0 saturated carbocycles. The summed E-state index contributed by atoms with van der Waals surface area (Å²) in [7, 11) is 3.07. The van der Waals surface area contributed by atoms with Crippen molar-refractivity contribution in [3.8, 4) is 11.5 Å². The van der Waals surface area contributed by atoms with Gasteiger partial charge in [-0.25, -0.2) is 0 Å². The third kappa shape index (κ3) is 3.96. The lowest BCUT2D eigenvalue weighted by atomic mass is 9.94. The van der Waals surface area contributed by atoms with Gasteiger partial charge >= 0.3 is 0 Å². The first-order chi connectivity index (χ1) is 15.4. The Morgan fingerprint density at radius 3 is 2.50 bits per heavy atom. The van der Waals surface area contributed by atoms with E-state index in [2.05, 4.69) is 0 Å². The molecule has 2 aliphatic heterocycles. The molecule has 2 saturated heterocycles. The van der Waals surface area contributed by atoms with E-state index in [4.69, 9.17) is 14.2 Å². The van der Waals surface area contributed by atoms with Crippen LogP contribution < -0.4 is 9.47 Å². The Kier molecular flexibility index (Phi) is 6.19. The second kappa shape index (κ2) is 9.04. The van der Waals surface area contributed by atoms with Crippen LogP contribution in [0.1, 0.15) is 35.6 Å². The molecule has 2 aromatic carbocycles. The minimum atomic E-state index is -0.828. The highest BCUT2D eigenvalue weighted by Crippen LogP contribution is 2.44. The summed E-state index contributed by atoms with van der Waals surface area (Å²) in [5.74, 6) is -0.559. The molecule has 0 radical (unpaired) electrons. The highest BCUT2D eigenvalue weighted by Gasteiger charge is 2.48. The normalized spacial score (nSPS) is 22.4. The molecule has 0 spiro atoms. The van der Waals surface area contributed by atoms with Crippen molar-refractivity contribution >= 4 is 17.4 Å². The van der Waals surface area contributed by atoms with Crippen LogP contribution >= 0.6 is 0 Å². The minimum absolute atomic E-state index is 0.0309. The van der Waals surface area contributed by atoms with E-state index < -0.39 is 17.7 Å². The first-order valence-corrected chi connectivity index (χ1v) is 10.6. The average Bonchev–Trinajstić information content (AvgIpc) is 3.41. The van der Waals surface area contributed by atoms with E-state index in [1.807, 2.05) is 19.1 Å². The monoisotopic (exact) mass is 437 g/mol. The van der Waals surface area contributed by atoms with Crippen LogP contribution in [0.15, 0.2) is 48.0 Å². The van der Waals surface area contributed by atoms with Crippen LogP contribution in [-0.4, -0.2) is 55.2 Å². The number of hydrogen-bond donors (Lipinski definition) is 1. The number of aryl methyl sites for hydroxylation is 1. The molecule has 0 unspecified atom stereocenters. The first kappa shape index (κ1) is 21.9. The standard InChI is InChI=1S/C25H27NO6/c1-15-6-8-16(9-7-15)23(27)21-22(19-13-17(30-2)10-11-20(19)31-3)26(25(29)24(21)28)14-18-5-4-12-32-18/h6-11,13,18,22,27H,4-5,12,14H2,1-3H3/t18-,22+/m1/s1. The topological polar surface area (TPSA) is 85.3 Å². The number of aliphatic hydroxyl groups excluding tert-OH is 1. The number of aliphatic hydroxyl groups is 1. The molecule has 0 aliphatic carbocycles. The van der Waals surface area contributed by atoms with Crippen LogP contribution in [0.4, 0.5) is 0 Å². The molecule has 0 aromatic heterocycles. The maximum atomic E-state index is 13.2. The molecule has 168 valence electrons. The number of carbonyl (C=O) groups excluding carboxylic acids is 2. The number of Topliss-reactive ketones (excluding diaryl/α,β-unsaturated/α-hetero) is 1. The number of benzene rings is 2. The van der Waals surface area contributed by atoms with Crippen molar-refractivity contribution in [1.29, 1.82) is 0 Å². The molecule has 4 rings (SSSR count). The Morgan fingerprint density at radius 1 is 1.12 bits per heavy atom. The number of rotatable bonds is 6. The van der Waals surface area contributed by atoms with Gasteiger partial charge in [-0.05, 0) is 38.0 Å². The van der Waals surface area contributed by atoms with Crippen molar-refractivity contribution < 1.29 is 28.9 Å². The second-order valence-corrected chi connectivity index (χ2v) is 8.06. The van der Waals surface area contributed by atoms with Crippen molar-refractivity contribution in [1.82, 2.24) is 4.90 Å². The van der Waals surface area contributed by atoms with Crippen molar-refractivity contribution in [2.45, 2.75) is 31.9 Å². The van der Waals surface area contributed by atoms with Gasteiger partial charge in [-0.3, -0.25) is 9.59 Å². The van der Waals surface area contributed by atoms with Crippen molar-refractivity contribution in [3.05, 3.63) is 64.7 Å². The zero-order chi connectivity index (χ0) is 22.8. The lowest BCUT2D eigenvalue weighted by Gasteiger charge is -2.28. The third-order valence-electron chi connectivity index (χ3n) is 6.02. The molecular weight excluding hydrogens is 410 g/mol. The van der Waals surface area contributed by atoms with E-state index >= 15 is 0 Å². The lowest BCUT2D eigenvalue weighted by Crippen LogP contribution is -2.36. The molecule has 2 aliphatic rings. The van der Waals surface area contributed by atoms with Crippen LogP contribution in [0.3, 0.4) is 0 Å². The lowest BCUT2D eigenvalue weighted by molar-refractivity contribution is -0.140. The predicted molar refractivity (Wildman–Crippen MR) is 119 cm³/mol. The Balaban J connectivity index is 1.89. The highest BCUT2D eigenvalue weighted by atomic mass is 16.5. The number of ether oxygens (including phenoxy) is 3. The molecule has 32 heavy (non-hydrogen) atoms. The fourth-order valence-corrected chi connectivity index (χ4v) is 4.32. The number of nitrogens with zero attached hydrogens (tertiary/aromatic N) is 1. The summed E-state index contributed by atoms with van der Waals surface area (Å²) < 4.78 is 16.7. The quantitative estimate of drug-likeness (QED) is 0.422. The van der Waals surface area contributed by atoms with Crippen molar-refractivity contribution in [2.75, 3.05) is 27.4 Å². The van der Waals surface area contributed by atoms with E-state index in [-0.39, 0.29) is 24.0 Å². The number of methoxy groups -OCH3 is 2. The minimum Gasteiger partial charge on any atom is -0.507 e. The summed E-state index contributed by atoms with van der Waals surface area (Å²) in [6, 6.07) is 11.5. The number of ketones is 1. The van der Waals surface area contributed by atoms with Gasteiger partial charge in [0.2, 0.25) is 0 Å². The Hall–Kier alpha value is -3.32. The Bertz CT molecular complexity index is 1050. The maximum Gasteiger partial charge on any atom is 0.295 e. The number of amides is 1. The van der Waals surface area contributed by atoms with E-state index in [1.54, 1.807) is 37.4 Å². The summed E-state index contributed by atoms with van der Waals surface area (Å²) in [6.45, 7) is 2.82. The molecular formula is C25H27NO6. The summed E-state index contributed by atoms with van der Waals surface area (Å²) in [4.78, 5) is 27.8. The van der Waals surface area contributed by atoms with Crippen LogP contribution in [0.5, 0.6) is 11.5 Å². The van der Waals surface area contributed by atoms with E-state index in [9.17, 15) is 14.7 Å². The molecule has 1 amide bonds. The van der Waals surface area contributed by atoms with Crippen LogP contribution in [0, 0.1) is 6.92 Å². The summed E-state index contributed by atoms with van der Waals surface area (Å²) in [5.41, 5.74) is 2.09. The smallest absolute Gasteiger partial charge is 0.295 e. The van der Waals surface area contributed by atoms with Crippen LogP contribution in [-0.2, 0) is 14.3 Å². The van der Waals surface area contributed by atoms with Gasteiger partial charge in [-0.2, -0.15) is 0 Å². The molecule has 2 heterocycles. The second-order valence-electron chi connectivity index (χ2n) is 8.06. The summed E-state index contributed by atoms with van der Waals surface area (Å²) in [6.07, 6.45) is 1.56. The Labute approximate surface area is 187 Å². The molecule has 7 heteroatoms. The van der Waals surface area contributed by atoms with Gasteiger partial charge in [0.15, 0.2) is 0 Å². The molecule has 1 N–H and O–H groups in total. The van der Waals surface area contributed by atoms with Gasteiger partial charge in [-0.1, -0.05) is 29.8 Å². The molecule has 0 bridgehead atoms. The fraction of sp³-hybridized carbons (Fsp3) is 0.360. The molecule has 7 nitrogen and oxygen atoms in total. The average molecular weight is 437 g/mol. The van der Waals surface area contributed by atoms with E-state index in [1.165, 1.54) is 12.0 Å². The summed E-state index contributed by atoms with van der Waals surface area (Å²) >= 11 is 0. The number of carbonyl (C=O) groups is 2. The molecule has 2 fully saturated rings. The van der Waals surface area contributed by atoms with E-state index in [0.717, 1.165) is 18.4 Å². The Morgan fingerprint density at radius 2 is 1.88 bits per heavy atom. The largest absolute Gasteiger partial charge is 0.507 e. The maximum absolute atomic E-state index is 13.2. The van der Waals surface area contributed by atoms with Crippen molar-refractivity contribution in [3.63, 3.8) is 0 Å². The van der Waals surface area contributed by atoms with Gasteiger partial charge in [0.25, 0.3) is 11.7 Å². The molecule has 2 atom stereocenters. The van der Waals surface area contributed by atoms with Crippen molar-refractivity contribution in [2.24, 2.45) is 0 Å². The third-order valence-corrected chi connectivity index (χ3v) is 6.02. The fourth-order valence-electron chi connectivity index (χ4n) is 4.32. The van der Waals surface area contributed by atoms with E-state index in [0.29, 0.717) is 29.2 Å². The predicted octanol–water partition coefficient (Wildman–Crippen LogP) is 3.61. The van der Waals surface area contributed by atoms with Crippen LogP contribution in [0.2, 0.25) is 0 Å². The van der Waals surface area contributed by atoms with Gasteiger partial charge in [0.05, 0.1) is 31.9 Å². The zero-order valence-electron chi connectivity index (χ0n) is 18.5. The summed E-state index contributed by atoms with van der Waals surface area (Å²) in [5, 5.41) is 11.2. The number of likely N-dealkylation sites (tertiary alicyclic amines) is 1. The molecule has 2 aromatic rings.